The molecule has 3 N–H and O–H groups in total. The fraction of sp³-hybridized carbons (Fsp3) is 0.646. The number of rotatable bonds is 68. The SMILES string of the molecule is CC/C=C\C/C=C\C/C=C\C/C=C\C/C=C\CC(=O)OC(COC(=O)CCCCCCCCC/C=C\C/C=C\C/C=C\CC)COP(=O)(O)OCC(O)COP(=O)(O)OCC(COC(=O)CCCCCCC/C=C\C/C=C\CCC)OC(=O)CCCCCCC/C=C\C/C=C\CCC. The van der Waals surface area contributed by atoms with Crippen molar-refractivity contribution in [1.82, 2.24) is 0 Å². The van der Waals surface area contributed by atoms with Crippen LogP contribution in [0.5, 0.6) is 0 Å². The van der Waals surface area contributed by atoms with Gasteiger partial charge in [0.15, 0.2) is 12.2 Å². The zero-order valence-corrected chi connectivity index (χ0v) is 62.4. The maximum atomic E-state index is 13.1. The van der Waals surface area contributed by atoms with Gasteiger partial charge in [0.05, 0.1) is 32.8 Å². The Balaban J connectivity index is 5.44. The van der Waals surface area contributed by atoms with Gasteiger partial charge in [-0.1, -0.05) is 257 Å². The van der Waals surface area contributed by atoms with Gasteiger partial charge < -0.3 is 33.8 Å². The molecule has 0 aliphatic heterocycles. The normalized spacial score (nSPS) is 14.8. The van der Waals surface area contributed by atoms with Crippen molar-refractivity contribution in [2.45, 2.75) is 290 Å². The number of hydrogen-bond donors (Lipinski definition) is 3. The van der Waals surface area contributed by atoms with Crippen LogP contribution in [-0.4, -0.2) is 96.7 Å². The van der Waals surface area contributed by atoms with E-state index in [2.05, 4.69) is 149 Å². The average molecular weight is 1410 g/mol. The number of esters is 4. The first-order chi connectivity index (χ1) is 47.7. The Labute approximate surface area is 592 Å². The van der Waals surface area contributed by atoms with Crippen LogP contribution in [0.15, 0.2) is 146 Å². The number of aliphatic hydroxyl groups excluding tert-OH is 1. The highest BCUT2D eigenvalue weighted by molar-refractivity contribution is 7.47. The van der Waals surface area contributed by atoms with Crippen LogP contribution in [0, 0.1) is 0 Å². The lowest BCUT2D eigenvalue weighted by atomic mass is 10.1. The second kappa shape index (κ2) is 70.4. The van der Waals surface area contributed by atoms with Gasteiger partial charge in [0.25, 0.3) is 0 Å². The van der Waals surface area contributed by atoms with E-state index in [4.69, 9.17) is 37.0 Å². The molecule has 17 nitrogen and oxygen atoms in total. The number of allylic oxidation sites excluding steroid dienone is 23. The van der Waals surface area contributed by atoms with Crippen molar-refractivity contribution < 1.29 is 80.2 Å². The molecule has 0 aliphatic carbocycles. The number of carbonyl (C=O) groups is 4. The molecule has 0 amide bonds. The van der Waals surface area contributed by atoms with Crippen LogP contribution >= 0.6 is 15.6 Å². The lowest BCUT2D eigenvalue weighted by Crippen LogP contribution is -2.30. The predicted molar refractivity (Wildman–Crippen MR) is 399 cm³/mol. The lowest BCUT2D eigenvalue weighted by molar-refractivity contribution is -0.161. The van der Waals surface area contributed by atoms with Gasteiger partial charge in [-0.2, -0.15) is 0 Å². The van der Waals surface area contributed by atoms with E-state index >= 15 is 0 Å². The molecule has 558 valence electrons. The number of phosphoric acid groups is 2. The summed E-state index contributed by atoms with van der Waals surface area (Å²) in [5.74, 6) is -2.38. The Kier molecular flexibility index (Phi) is 66.7. The molecule has 5 atom stereocenters. The minimum atomic E-state index is -5.01. The van der Waals surface area contributed by atoms with Crippen LogP contribution in [0.4, 0.5) is 0 Å². The van der Waals surface area contributed by atoms with Crippen LogP contribution in [0.2, 0.25) is 0 Å². The fourth-order valence-electron chi connectivity index (χ4n) is 9.21. The quantitative estimate of drug-likeness (QED) is 0.0169. The predicted octanol–water partition coefficient (Wildman–Crippen LogP) is 21.1. The first-order valence-corrected chi connectivity index (χ1v) is 40.1. The second-order valence-corrected chi connectivity index (χ2v) is 27.0. The van der Waals surface area contributed by atoms with Crippen molar-refractivity contribution in [1.29, 1.82) is 0 Å². The number of unbranched alkanes of at least 4 members (excludes halogenated alkanes) is 19. The van der Waals surface area contributed by atoms with Crippen molar-refractivity contribution in [3.63, 3.8) is 0 Å². The highest BCUT2D eigenvalue weighted by atomic mass is 31.2. The van der Waals surface area contributed by atoms with E-state index in [1.54, 1.807) is 12.2 Å². The van der Waals surface area contributed by atoms with E-state index in [1.807, 2.05) is 12.2 Å². The van der Waals surface area contributed by atoms with Crippen molar-refractivity contribution in [2.24, 2.45) is 0 Å². The standard InChI is InChI=1S/C79H130O17P2/c1-5-9-13-17-21-25-29-33-35-36-38-41-44-48-52-56-60-64-77(82)90-70-75(96-79(84)66-62-58-54-50-46-42-37-34-30-26-22-18-14-10-6-2)72-94-98(87,88)92-68-73(80)67-91-97(85,86)93-71-74(95-78(83)65-61-57-53-49-45-40-32-28-24-20-16-12-8-4)69-89-76(81)63-59-55-51-47-43-39-31-27-23-19-15-11-7-3/h9-10,13-16,19-22,25-28,31-35,37,46,50,58,62,73-75,80H,5-8,11-12,17-18,23-24,29-30,36,38-45,47-49,51-57,59-61,63-72H2,1-4H3,(H,85,86)(H,87,88)/b13-9-,14-10-,19-15-,20-16-,25-21-,26-22-,31-27-,32-28-,35-33-,37-34-,50-46-,62-58-. The average Bonchev–Trinajstić information content (AvgIpc) is 1.02. The van der Waals surface area contributed by atoms with E-state index in [0.29, 0.717) is 25.7 Å². The summed E-state index contributed by atoms with van der Waals surface area (Å²) < 4.78 is 68.2. The summed E-state index contributed by atoms with van der Waals surface area (Å²) in [5, 5.41) is 10.6. The van der Waals surface area contributed by atoms with Crippen LogP contribution in [0.25, 0.3) is 0 Å². The van der Waals surface area contributed by atoms with Gasteiger partial charge in [-0.05, 0) is 135 Å². The lowest BCUT2D eigenvalue weighted by Gasteiger charge is -2.21. The Bertz CT molecular complexity index is 2430. The summed E-state index contributed by atoms with van der Waals surface area (Å²) in [5.41, 5.74) is 0. The second-order valence-electron chi connectivity index (χ2n) is 24.1. The minimum Gasteiger partial charge on any atom is -0.462 e. The highest BCUT2D eigenvalue weighted by Crippen LogP contribution is 2.45. The molecule has 0 heterocycles. The summed E-state index contributed by atoms with van der Waals surface area (Å²) >= 11 is 0. The number of phosphoric ester groups is 2. The molecule has 0 aliphatic rings. The number of hydrogen-bond acceptors (Lipinski definition) is 15. The number of ether oxygens (including phenoxy) is 4. The van der Waals surface area contributed by atoms with E-state index in [0.717, 1.165) is 193 Å². The molecule has 19 heteroatoms. The van der Waals surface area contributed by atoms with Crippen molar-refractivity contribution in [3.05, 3.63) is 146 Å². The Morgan fingerprint density at radius 1 is 0.306 bits per heavy atom. The topological polar surface area (TPSA) is 237 Å². The third-order valence-corrected chi connectivity index (χ3v) is 16.7. The van der Waals surface area contributed by atoms with Gasteiger partial charge in [0.1, 0.15) is 19.3 Å². The van der Waals surface area contributed by atoms with Gasteiger partial charge >= 0.3 is 39.5 Å². The Morgan fingerprint density at radius 3 is 0.908 bits per heavy atom. The van der Waals surface area contributed by atoms with Crippen molar-refractivity contribution >= 4 is 39.5 Å². The van der Waals surface area contributed by atoms with E-state index in [9.17, 15) is 43.2 Å². The van der Waals surface area contributed by atoms with Gasteiger partial charge in [-0.3, -0.25) is 37.3 Å². The first kappa shape index (κ1) is 92.9. The zero-order chi connectivity index (χ0) is 71.8. The van der Waals surface area contributed by atoms with Gasteiger partial charge in [-0.25, -0.2) is 9.13 Å². The van der Waals surface area contributed by atoms with Gasteiger partial charge in [0.2, 0.25) is 0 Å². The molecule has 98 heavy (non-hydrogen) atoms. The summed E-state index contributed by atoms with van der Waals surface area (Å²) in [6.07, 6.45) is 78.8. The van der Waals surface area contributed by atoms with Crippen molar-refractivity contribution in [3.8, 4) is 0 Å². The van der Waals surface area contributed by atoms with Crippen LogP contribution < -0.4 is 0 Å². The van der Waals surface area contributed by atoms with E-state index in [1.165, 1.54) is 0 Å². The van der Waals surface area contributed by atoms with E-state index in [-0.39, 0.29) is 25.7 Å². The molecule has 0 bridgehead atoms. The maximum Gasteiger partial charge on any atom is 0.472 e. The maximum absolute atomic E-state index is 13.1. The van der Waals surface area contributed by atoms with Crippen LogP contribution in [0.3, 0.4) is 0 Å². The van der Waals surface area contributed by atoms with Crippen LogP contribution in [-0.2, 0) is 65.4 Å². The number of aliphatic hydroxyl groups is 1. The molecule has 0 rings (SSSR count). The molecular formula is C79H130O17P2. The largest absolute Gasteiger partial charge is 0.472 e. The Morgan fingerprint density at radius 2 is 0.571 bits per heavy atom. The zero-order valence-electron chi connectivity index (χ0n) is 60.7. The summed E-state index contributed by atoms with van der Waals surface area (Å²) in [6, 6.07) is 0. The molecule has 0 radical (unpaired) electrons. The smallest absolute Gasteiger partial charge is 0.462 e. The molecule has 5 unspecified atom stereocenters. The molecule has 0 aromatic carbocycles. The molecule has 0 saturated carbocycles. The summed E-state index contributed by atoms with van der Waals surface area (Å²) in [4.78, 5) is 72.7. The minimum absolute atomic E-state index is 0.0694. The first-order valence-electron chi connectivity index (χ1n) is 37.1. The third-order valence-electron chi connectivity index (χ3n) is 14.8. The number of carbonyl (C=O) groups excluding carboxylic acids is 4. The fourth-order valence-corrected chi connectivity index (χ4v) is 10.8. The molecule has 0 fully saturated rings. The molecule has 0 spiro atoms. The molecule has 0 aromatic rings. The molecule has 0 saturated heterocycles. The van der Waals surface area contributed by atoms with Crippen LogP contribution in [0.1, 0.15) is 272 Å². The summed E-state index contributed by atoms with van der Waals surface area (Å²) in [7, 11) is -9.99. The van der Waals surface area contributed by atoms with Crippen molar-refractivity contribution in [2.75, 3.05) is 39.6 Å². The summed E-state index contributed by atoms with van der Waals surface area (Å²) in [6.45, 7) is 4.33. The van der Waals surface area contributed by atoms with E-state index < -0.39 is 97.5 Å². The van der Waals surface area contributed by atoms with Gasteiger partial charge in [0, 0.05) is 19.3 Å². The third kappa shape index (κ3) is 69.4. The molecule has 0 aromatic heterocycles. The Hall–Kier alpha value is -5.06. The molecular weight excluding hydrogens is 1280 g/mol. The monoisotopic (exact) mass is 1410 g/mol. The van der Waals surface area contributed by atoms with Gasteiger partial charge in [-0.15, -0.1) is 0 Å². The highest BCUT2D eigenvalue weighted by Gasteiger charge is 2.30.